The molecule has 84 valence electrons. The molecule has 0 spiro atoms. The van der Waals surface area contributed by atoms with E-state index in [0.717, 1.165) is 19.3 Å². The molecular weight excluding hydrogens is 178 g/mol. The lowest BCUT2D eigenvalue weighted by atomic mass is 10.2. The number of hydrogen-bond donors (Lipinski definition) is 0. The third kappa shape index (κ3) is 5.97. The van der Waals surface area contributed by atoms with Gasteiger partial charge in [0, 0.05) is 13.3 Å². The lowest BCUT2D eigenvalue weighted by Crippen LogP contribution is -2.45. The molecule has 0 aliphatic rings. The summed E-state index contributed by atoms with van der Waals surface area (Å²) in [5.74, 6) is -0.0704. The molecule has 1 unspecified atom stereocenters. The molecule has 0 aliphatic heterocycles. The van der Waals surface area contributed by atoms with Crippen LogP contribution < -0.4 is 0 Å². The molecule has 0 fully saturated rings. The molecule has 0 aromatic heterocycles. The van der Waals surface area contributed by atoms with Gasteiger partial charge in [0.05, 0.1) is 21.1 Å². The van der Waals surface area contributed by atoms with Crippen molar-refractivity contribution in [1.82, 2.24) is 0 Å². The summed E-state index contributed by atoms with van der Waals surface area (Å²) in [5, 5.41) is 0. The van der Waals surface area contributed by atoms with Crippen molar-refractivity contribution in [2.24, 2.45) is 0 Å². The largest absolute Gasteiger partial charge is 0.413 e. The fourth-order valence-electron chi connectivity index (χ4n) is 0.927. The van der Waals surface area contributed by atoms with Crippen molar-refractivity contribution < 1.29 is 14.0 Å². The van der Waals surface area contributed by atoms with Crippen LogP contribution in [0, 0.1) is 0 Å². The minimum atomic E-state index is -0.0704. The van der Waals surface area contributed by atoms with E-state index in [1.807, 2.05) is 28.1 Å². The standard InChI is InChI=1S/C11H24NO2/c1-6-7-8-9-11(13)14-10(2)12(3,4)5/h10H,6-9H2,1-5H3/q+1. The van der Waals surface area contributed by atoms with Gasteiger partial charge in [-0.05, 0) is 6.42 Å². The average molecular weight is 202 g/mol. The molecule has 0 amide bonds. The smallest absolute Gasteiger partial charge is 0.310 e. The summed E-state index contributed by atoms with van der Waals surface area (Å²) in [6, 6.07) is 0. The predicted molar refractivity (Wildman–Crippen MR) is 57.7 cm³/mol. The SMILES string of the molecule is CCCCCC(=O)OC(C)[N+](C)(C)C. The molecule has 0 aliphatic carbocycles. The first-order valence-electron chi connectivity index (χ1n) is 5.38. The second-order valence-electron chi connectivity index (χ2n) is 4.66. The number of unbranched alkanes of at least 4 members (excludes halogenated alkanes) is 2. The summed E-state index contributed by atoms with van der Waals surface area (Å²) in [5.41, 5.74) is 0. The molecule has 3 heteroatoms. The van der Waals surface area contributed by atoms with Crippen molar-refractivity contribution in [1.29, 1.82) is 0 Å². The molecule has 0 saturated heterocycles. The molecular formula is C11H24NO2+. The number of ether oxygens (including phenoxy) is 1. The highest BCUT2D eigenvalue weighted by Crippen LogP contribution is 2.07. The van der Waals surface area contributed by atoms with E-state index in [9.17, 15) is 4.79 Å². The van der Waals surface area contributed by atoms with Crippen LogP contribution in [-0.4, -0.2) is 37.8 Å². The van der Waals surface area contributed by atoms with Gasteiger partial charge >= 0.3 is 5.97 Å². The van der Waals surface area contributed by atoms with E-state index in [2.05, 4.69) is 6.92 Å². The molecule has 14 heavy (non-hydrogen) atoms. The lowest BCUT2D eigenvalue weighted by molar-refractivity contribution is -0.914. The van der Waals surface area contributed by atoms with Crippen LogP contribution in [0.5, 0.6) is 0 Å². The Morgan fingerprint density at radius 3 is 2.29 bits per heavy atom. The van der Waals surface area contributed by atoms with Crippen molar-refractivity contribution in [3.8, 4) is 0 Å². The third-order valence-electron chi connectivity index (χ3n) is 2.38. The summed E-state index contributed by atoms with van der Waals surface area (Å²) in [6.07, 6.45) is 3.67. The van der Waals surface area contributed by atoms with Gasteiger partial charge in [-0.3, -0.25) is 9.28 Å². The zero-order valence-electron chi connectivity index (χ0n) is 10.2. The summed E-state index contributed by atoms with van der Waals surface area (Å²) in [7, 11) is 6.05. The highest BCUT2D eigenvalue weighted by atomic mass is 16.6. The topological polar surface area (TPSA) is 26.3 Å². The number of rotatable bonds is 6. The first kappa shape index (κ1) is 13.4. The molecule has 0 saturated carbocycles. The zero-order valence-corrected chi connectivity index (χ0v) is 10.2. The van der Waals surface area contributed by atoms with E-state index < -0.39 is 0 Å². The number of quaternary nitrogens is 1. The van der Waals surface area contributed by atoms with E-state index in [1.54, 1.807) is 0 Å². The van der Waals surface area contributed by atoms with E-state index in [4.69, 9.17) is 4.74 Å². The number of hydrogen-bond acceptors (Lipinski definition) is 2. The monoisotopic (exact) mass is 202 g/mol. The minimum Gasteiger partial charge on any atom is -0.413 e. The Labute approximate surface area is 87.6 Å². The first-order valence-corrected chi connectivity index (χ1v) is 5.38. The van der Waals surface area contributed by atoms with Crippen LogP contribution in [0.4, 0.5) is 0 Å². The van der Waals surface area contributed by atoms with Crippen LogP contribution in [-0.2, 0) is 9.53 Å². The highest BCUT2D eigenvalue weighted by Gasteiger charge is 2.21. The summed E-state index contributed by atoms with van der Waals surface area (Å²) in [4.78, 5) is 11.3. The quantitative estimate of drug-likeness (QED) is 0.285. The third-order valence-corrected chi connectivity index (χ3v) is 2.38. The van der Waals surface area contributed by atoms with Gasteiger partial charge in [-0.15, -0.1) is 0 Å². The molecule has 0 radical (unpaired) electrons. The number of nitrogens with zero attached hydrogens (tertiary/aromatic N) is 1. The van der Waals surface area contributed by atoms with Gasteiger partial charge in [0.25, 0.3) is 0 Å². The molecule has 0 N–H and O–H groups in total. The molecule has 0 rings (SSSR count). The van der Waals surface area contributed by atoms with Crippen LogP contribution in [0.2, 0.25) is 0 Å². The Balaban J connectivity index is 3.72. The second-order valence-corrected chi connectivity index (χ2v) is 4.66. The molecule has 3 nitrogen and oxygen atoms in total. The van der Waals surface area contributed by atoms with Crippen LogP contribution in [0.1, 0.15) is 39.5 Å². The predicted octanol–water partition coefficient (Wildman–Crippen LogP) is 2.16. The highest BCUT2D eigenvalue weighted by molar-refractivity contribution is 5.69. The van der Waals surface area contributed by atoms with Gasteiger partial charge in [0.1, 0.15) is 0 Å². The van der Waals surface area contributed by atoms with Crippen LogP contribution in [0.25, 0.3) is 0 Å². The Kier molecular flexibility index (Phi) is 5.77. The zero-order chi connectivity index (χ0) is 11.2. The molecule has 0 aromatic rings. The van der Waals surface area contributed by atoms with Crippen molar-refractivity contribution in [2.45, 2.75) is 45.8 Å². The Morgan fingerprint density at radius 2 is 1.86 bits per heavy atom. The average Bonchev–Trinajstić information content (AvgIpc) is 2.03. The first-order chi connectivity index (χ1) is 6.38. The molecule has 1 atom stereocenters. The Morgan fingerprint density at radius 1 is 1.29 bits per heavy atom. The van der Waals surface area contributed by atoms with E-state index >= 15 is 0 Å². The maximum Gasteiger partial charge on any atom is 0.310 e. The summed E-state index contributed by atoms with van der Waals surface area (Å²) < 4.78 is 5.95. The summed E-state index contributed by atoms with van der Waals surface area (Å²) in [6.45, 7) is 4.05. The van der Waals surface area contributed by atoms with E-state index in [1.165, 1.54) is 0 Å². The Hall–Kier alpha value is -0.570. The van der Waals surface area contributed by atoms with Crippen LogP contribution >= 0.6 is 0 Å². The normalized spacial score (nSPS) is 13.8. The number of esters is 1. The van der Waals surface area contributed by atoms with E-state index in [-0.39, 0.29) is 12.2 Å². The van der Waals surface area contributed by atoms with E-state index in [0.29, 0.717) is 10.9 Å². The minimum absolute atomic E-state index is 0.0656. The van der Waals surface area contributed by atoms with Gasteiger partial charge < -0.3 is 4.74 Å². The van der Waals surface area contributed by atoms with Crippen molar-refractivity contribution >= 4 is 5.97 Å². The van der Waals surface area contributed by atoms with Crippen molar-refractivity contribution in [3.63, 3.8) is 0 Å². The van der Waals surface area contributed by atoms with Crippen LogP contribution in [0.3, 0.4) is 0 Å². The summed E-state index contributed by atoms with van der Waals surface area (Å²) >= 11 is 0. The number of carbonyl (C=O) groups is 1. The van der Waals surface area contributed by atoms with Gasteiger partial charge in [0.15, 0.2) is 0 Å². The molecule has 0 heterocycles. The van der Waals surface area contributed by atoms with Crippen molar-refractivity contribution in [3.05, 3.63) is 0 Å². The maximum absolute atomic E-state index is 11.3. The molecule has 0 bridgehead atoms. The Bertz CT molecular complexity index is 173. The van der Waals surface area contributed by atoms with Gasteiger partial charge in [0.2, 0.25) is 6.23 Å². The lowest BCUT2D eigenvalue weighted by Gasteiger charge is -2.30. The van der Waals surface area contributed by atoms with Gasteiger partial charge in [-0.25, -0.2) is 0 Å². The van der Waals surface area contributed by atoms with Crippen molar-refractivity contribution in [2.75, 3.05) is 21.1 Å². The fraction of sp³-hybridized carbons (Fsp3) is 0.909. The molecule has 0 aromatic carbocycles. The van der Waals surface area contributed by atoms with Gasteiger partial charge in [-0.1, -0.05) is 19.8 Å². The van der Waals surface area contributed by atoms with Gasteiger partial charge in [-0.2, -0.15) is 0 Å². The van der Waals surface area contributed by atoms with Crippen LogP contribution in [0.15, 0.2) is 0 Å². The second kappa shape index (κ2) is 6.02. The fourth-order valence-corrected chi connectivity index (χ4v) is 0.927. The maximum atomic E-state index is 11.3. The number of carbonyl (C=O) groups excluding carboxylic acids is 1.